The van der Waals surface area contributed by atoms with E-state index < -0.39 is 29.4 Å². The minimum atomic E-state index is -0.865. The molecule has 2 atom stereocenters. The highest BCUT2D eigenvalue weighted by Gasteiger charge is 2.35. The molecule has 0 aromatic carbocycles. The lowest BCUT2D eigenvalue weighted by Gasteiger charge is -2.28. The van der Waals surface area contributed by atoms with E-state index in [0.717, 1.165) is 20.9 Å². The number of rotatable bonds is 5. The average molecular weight is 676 g/mol. The first kappa shape index (κ1) is 32.9. The summed E-state index contributed by atoms with van der Waals surface area (Å²) < 4.78 is 12.0. The number of nitrogens with zero attached hydrogens (tertiary/aromatic N) is 4. The highest BCUT2D eigenvalue weighted by atomic mass is 79.9. The summed E-state index contributed by atoms with van der Waals surface area (Å²) >= 11 is 6.65. The van der Waals surface area contributed by atoms with Crippen molar-refractivity contribution in [1.82, 2.24) is 20.1 Å². The third-order valence-electron chi connectivity index (χ3n) is 4.98. The second-order valence-electron chi connectivity index (χ2n) is 10.7. The molecule has 0 saturated carbocycles. The van der Waals surface area contributed by atoms with E-state index in [9.17, 15) is 14.8 Å². The highest BCUT2D eigenvalue weighted by Crippen LogP contribution is 2.32. The van der Waals surface area contributed by atoms with E-state index in [2.05, 4.69) is 41.8 Å². The molecule has 39 heavy (non-hydrogen) atoms. The Bertz CT molecular complexity index is 1110. The van der Waals surface area contributed by atoms with Gasteiger partial charge < -0.3 is 14.6 Å². The molecule has 2 amide bonds. The first-order chi connectivity index (χ1) is 18.1. The van der Waals surface area contributed by atoms with Crippen molar-refractivity contribution in [2.75, 3.05) is 13.2 Å². The fraction of sp³-hybridized carbons (Fsp3) is 0.538. The third kappa shape index (κ3) is 11.0. The van der Waals surface area contributed by atoms with Crippen molar-refractivity contribution in [3.05, 3.63) is 57.0 Å². The van der Waals surface area contributed by atoms with Crippen molar-refractivity contribution >= 4 is 44.0 Å². The number of halogens is 2. The van der Waals surface area contributed by atoms with Gasteiger partial charge in [0.1, 0.15) is 11.2 Å². The van der Waals surface area contributed by atoms with Gasteiger partial charge in [0.05, 0.1) is 18.7 Å². The summed E-state index contributed by atoms with van der Waals surface area (Å²) in [6, 6.07) is 2.78. The molecule has 1 aliphatic heterocycles. The molecule has 1 saturated heterocycles. The lowest BCUT2D eigenvalue weighted by Crippen LogP contribution is -2.37. The quantitative estimate of drug-likeness (QED) is 0.275. The number of hydrogen-bond donors (Lipinski definition) is 2. The molecule has 3 heterocycles. The molecule has 1 fully saturated rings. The van der Waals surface area contributed by atoms with Crippen molar-refractivity contribution in [1.29, 1.82) is 0 Å². The van der Waals surface area contributed by atoms with Crippen LogP contribution in [-0.4, -0.2) is 67.0 Å². The van der Waals surface area contributed by atoms with Crippen LogP contribution in [0.25, 0.3) is 0 Å². The first-order valence-corrected chi connectivity index (χ1v) is 13.9. The van der Waals surface area contributed by atoms with E-state index in [0.29, 0.717) is 17.2 Å². The lowest BCUT2D eigenvalue weighted by atomic mass is 10.1. The molecule has 0 spiro atoms. The maximum atomic E-state index is 12.1. The van der Waals surface area contributed by atoms with E-state index in [1.807, 2.05) is 26.8 Å². The zero-order chi connectivity index (χ0) is 29.4. The number of ether oxygens (including phenoxy) is 2. The van der Waals surface area contributed by atoms with Gasteiger partial charge in [-0.05, 0) is 103 Å². The Morgan fingerprint density at radius 3 is 2.18 bits per heavy atom. The van der Waals surface area contributed by atoms with Gasteiger partial charge in [0.25, 0.3) is 0 Å². The third-order valence-corrected chi connectivity index (χ3v) is 5.85. The molecule has 0 aliphatic carbocycles. The summed E-state index contributed by atoms with van der Waals surface area (Å²) in [6.45, 7) is 10.9. The van der Waals surface area contributed by atoms with Crippen LogP contribution in [0.4, 0.5) is 9.59 Å². The maximum Gasteiger partial charge on any atom is 0.435 e. The lowest BCUT2D eigenvalue weighted by molar-refractivity contribution is -0.125. The first-order valence-electron chi connectivity index (χ1n) is 12.3. The minimum Gasteiger partial charge on any atom is -0.442 e. The largest absolute Gasteiger partial charge is 0.442 e. The van der Waals surface area contributed by atoms with Crippen LogP contribution >= 0.6 is 31.9 Å². The Morgan fingerprint density at radius 1 is 1.05 bits per heavy atom. The monoisotopic (exact) mass is 674 g/mol. The topological polar surface area (TPSA) is 135 Å². The van der Waals surface area contributed by atoms with E-state index in [4.69, 9.17) is 19.4 Å². The summed E-state index contributed by atoms with van der Waals surface area (Å²) in [5, 5.41) is 20.9. The van der Waals surface area contributed by atoms with Gasteiger partial charge in [0, 0.05) is 46.8 Å². The summed E-state index contributed by atoms with van der Waals surface area (Å²) in [5.41, 5.74) is 0.278. The number of pyridine rings is 2. The Balaban J connectivity index is 0.000000274. The summed E-state index contributed by atoms with van der Waals surface area (Å²) in [5.74, 6) is 0. The van der Waals surface area contributed by atoms with Crippen molar-refractivity contribution < 1.29 is 34.2 Å². The number of aliphatic hydroxyl groups is 1. The second kappa shape index (κ2) is 14.4. The normalized spacial score (nSPS) is 16.2. The molecule has 0 bridgehead atoms. The number of aromatic nitrogens is 2. The van der Waals surface area contributed by atoms with Gasteiger partial charge >= 0.3 is 12.2 Å². The molecule has 11 nitrogen and oxygen atoms in total. The van der Waals surface area contributed by atoms with Crippen LogP contribution in [0.3, 0.4) is 0 Å². The van der Waals surface area contributed by atoms with Crippen molar-refractivity contribution in [3.63, 3.8) is 0 Å². The van der Waals surface area contributed by atoms with Crippen LogP contribution < -0.4 is 0 Å². The number of carbonyl (C=O) groups excluding carboxylic acids is 2. The molecule has 0 radical (unpaired) electrons. The van der Waals surface area contributed by atoms with Crippen LogP contribution in [0, 0.1) is 0 Å². The number of amides is 2. The maximum absolute atomic E-state index is 12.1. The van der Waals surface area contributed by atoms with Crippen LogP contribution in [0.5, 0.6) is 0 Å². The van der Waals surface area contributed by atoms with Gasteiger partial charge in [0.2, 0.25) is 0 Å². The van der Waals surface area contributed by atoms with Crippen molar-refractivity contribution in [2.24, 2.45) is 0 Å². The fourth-order valence-corrected chi connectivity index (χ4v) is 4.23. The molecular weight excluding hydrogens is 640 g/mol. The molecule has 0 unspecified atom stereocenters. The van der Waals surface area contributed by atoms with E-state index >= 15 is 0 Å². The highest BCUT2D eigenvalue weighted by molar-refractivity contribution is 9.10. The van der Waals surface area contributed by atoms with Gasteiger partial charge in [0.15, 0.2) is 0 Å². The van der Waals surface area contributed by atoms with E-state index in [1.165, 1.54) is 11.3 Å². The SMILES string of the molecule is CC(C)(C)OC(=O)N(O)[C@@H](CCO)c1cncc(Br)c1.CC(C)(C)OC(=O)N1OCC[C@H]1c1cncc(Br)c1. The molecular formula is C26H36Br2N4O7. The Kier molecular flexibility index (Phi) is 12.1. The molecule has 216 valence electrons. The van der Waals surface area contributed by atoms with Crippen molar-refractivity contribution in [3.8, 4) is 0 Å². The predicted molar refractivity (Wildman–Crippen MR) is 150 cm³/mol. The van der Waals surface area contributed by atoms with Gasteiger partial charge in [-0.15, -0.1) is 0 Å². The number of hydrogen-bond acceptors (Lipinski definition) is 9. The standard InChI is InChI=1S/C13H19BrN2O4.C13H17BrN2O3/c1-13(2,3)20-12(18)16(19)11(4-5-17)9-6-10(14)8-15-7-9;1-13(2,3)19-12(17)16-11(4-5-18-16)9-6-10(14)8-15-7-9/h6-8,11,17,19H,4-5H2,1-3H3;6-8,11H,4-5H2,1-3H3/t2*11-/m00/s1. The number of hydroxylamine groups is 4. The van der Waals surface area contributed by atoms with Gasteiger partial charge in [-0.25, -0.2) is 9.59 Å². The predicted octanol–water partition coefficient (Wildman–Crippen LogP) is 6.35. The Morgan fingerprint density at radius 2 is 1.64 bits per heavy atom. The second-order valence-corrected chi connectivity index (χ2v) is 12.5. The zero-order valence-electron chi connectivity index (χ0n) is 22.9. The summed E-state index contributed by atoms with van der Waals surface area (Å²) in [4.78, 5) is 37.4. The minimum absolute atomic E-state index is 0.153. The van der Waals surface area contributed by atoms with Crippen LogP contribution in [0.2, 0.25) is 0 Å². The number of carbonyl (C=O) groups is 2. The molecule has 3 rings (SSSR count). The van der Waals surface area contributed by atoms with Gasteiger partial charge in [-0.1, -0.05) is 0 Å². The van der Waals surface area contributed by atoms with Crippen LogP contribution in [0.1, 0.15) is 77.6 Å². The zero-order valence-corrected chi connectivity index (χ0v) is 26.1. The Hall–Kier alpha value is -2.32. The molecule has 1 aliphatic rings. The molecule has 2 aromatic heterocycles. The van der Waals surface area contributed by atoms with E-state index in [-0.39, 0.29) is 19.1 Å². The van der Waals surface area contributed by atoms with Gasteiger partial charge in [-0.3, -0.25) is 20.0 Å². The molecule has 13 heteroatoms. The van der Waals surface area contributed by atoms with Crippen LogP contribution in [0.15, 0.2) is 45.9 Å². The van der Waals surface area contributed by atoms with Crippen molar-refractivity contribution in [2.45, 2.75) is 77.7 Å². The van der Waals surface area contributed by atoms with E-state index in [1.54, 1.807) is 45.4 Å². The van der Waals surface area contributed by atoms with Gasteiger partial charge in [-0.2, -0.15) is 10.1 Å². The molecule has 2 N–H and O–H groups in total. The van der Waals surface area contributed by atoms with Crippen LogP contribution in [-0.2, 0) is 14.3 Å². The number of aliphatic hydroxyl groups excluding tert-OH is 1. The Labute approximate surface area is 245 Å². The smallest absolute Gasteiger partial charge is 0.435 e. The summed E-state index contributed by atoms with van der Waals surface area (Å²) in [7, 11) is 0. The fourth-order valence-electron chi connectivity index (χ4n) is 3.47. The molecule has 2 aromatic rings. The average Bonchev–Trinajstić information content (AvgIpc) is 3.31. The summed E-state index contributed by atoms with van der Waals surface area (Å²) in [6.07, 6.45) is 6.14.